The number of hydrogen-bond acceptors (Lipinski definition) is 2. The van der Waals surface area contributed by atoms with Crippen molar-refractivity contribution in [3.05, 3.63) is 28.1 Å². The minimum atomic E-state index is 0.326. The molecule has 0 saturated heterocycles. The van der Waals surface area contributed by atoms with Gasteiger partial charge in [0.1, 0.15) is 5.75 Å². The van der Waals surface area contributed by atoms with E-state index in [1.807, 2.05) is 11.4 Å². The minimum absolute atomic E-state index is 0.326. The molecular weight excluding hydrogens is 224 g/mol. The number of hydrogen-bond donors (Lipinski definition) is 1. The number of aromatic hydroxyl groups is 1. The van der Waals surface area contributed by atoms with Crippen LogP contribution in [0.25, 0.3) is 10.1 Å². The molecule has 1 N–H and O–H groups in total. The molecule has 0 amide bonds. The van der Waals surface area contributed by atoms with E-state index in [2.05, 4.69) is 15.9 Å². The van der Waals surface area contributed by atoms with Gasteiger partial charge in [0.2, 0.25) is 0 Å². The summed E-state index contributed by atoms with van der Waals surface area (Å²) in [6, 6.07) is 5.37. The van der Waals surface area contributed by atoms with Crippen LogP contribution in [0.15, 0.2) is 28.1 Å². The first kappa shape index (κ1) is 7.13. The van der Waals surface area contributed by atoms with Gasteiger partial charge in [-0.25, -0.2) is 0 Å². The number of thiophene rings is 1. The fraction of sp³-hybridized carbons (Fsp3) is 0. The zero-order chi connectivity index (χ0) is 7.84. The molecule has 0 aliphatic rings. The van der Waals surface area contributed by atoms with Crippen molar-refractivity contribution in [2.45, 2.75) is 0 Å². The van der Waals surface area contributed by atoms with E-state index in [0.29, 0.717) is 5.75 Å². The Balaban J connectivity index is 2.86. The molecule has 0 spiro atoms. The molecule has 1 nitrogen and oxygen atoms in total. The summed E-state index contributed by atoms with van der Waals surface area (Å²) in [5.74, 6) is 0.326. The number of fused-ring (bicyclic) bond motifs is 1. The lowest BCUT2D eigenvalue weighted by Crippen LogP contribution is -1.63. The van der Waals surface area contributed by atoms with Crippen LogP contribution in [0.3, 0.4) is 0 Å². The Hall–Kier alpha value is -0.540. The Morgan fingerprint density at radius 1 is 1.36 bits per heavy atom. The maximum atomic E-state index is 9.13. The largest absolute Gasteiger partial charge is 0.508 e. The Bertz CT molecular complexity index is 394. The van der Waals surface area contributed by atoms with Gasteiger partial charge in [0.25, 0.3) is 0 Å². The number of benzene rings is 1. The van der Waals surface area contributed by atoms with Crippen molar-refractivity contribution in [3.8, 4) is 5.75 Å². The third kappa shape index (κ3) is 1.14. The highest BCUT2D eigenvalue weighted by molar-refractivity contribution is 9.10. The monoisotopic (exact) mass is 228 g/mol. The van der Waals surface area contributed by atoms with Crippen LogP contribution in [0.1, 0.15) is 0 Å². The first-order valence-corrected chi connectivity index (χ1v) is 4.80. The molecule has 2 rings (SSSR count). The first-order valence-electron chi connectivity index (χ1n) is 3.13. The lowest BCUT2D eigenvalue weighted by Gasteiger charge is -1.90. The van der Waals surface area contributed by atoms with Crippen molar-refractivity contribution < 1.29 is 5.11 Å². The molecule has 0 atom stereocenters. The number of phenols is 1. The van der Waals surface area contributed by atoms with Crippen molar-refractivity contribution in [1.29, 1.82) is 0 Å². The van der Waals surface area contributed by atoms with Gasteiger partial charge in [0, 0.05) is 19.9 Å². The average molecular weight is 229 g/mol. The Morgan fingerprint density at radius 3 is 3.00 bits per heavy atom. The molecule has 0 aliphatic carbocycles. The van der Waals surface area contributed by atoms with Gasteiger partial charge in [-0.3, -0.25) is 0 Å². The maximum absolute atomic E-state index is 9.13. The van der Waals surface area contributed by atoms with E-state index in [-0.39, 0.29) is 0 Å². The van der Waals surface area contributed by atoms with Gasteiger partial charge in [-0.05, 0) is 34.1 Å². The standard InChI is InChI=1S/C8H5BrOS/c9-7-4-11-8-3-5(10)1-2-6(7)8/h1-4,10H. The second-order valence-corrected chi connectivity index (χ2v) is 4.03. The van der Waals surface area contributed by atoms with Crippen LogP contribution < -0.4 is 0 Å². The summed E-state index contributed by atoms with van der Waals surface area (Å²) in [4.78, 5) is 0. The zero-order valence-electron chi connectivity index (χ0n) is 5.54. The predicted molar refractivity (Wildman–Crippen MR) is 51.2 cm³/mol. The zero-order valence-corrected chi connectivity index (χ0v) is 7.95. The molecule has 1 aromatic carbocycles. The molecule has 1 aromatic heterocycles. The summed E-state index contributed by atoms with van der Waals surface area (Å²) in [7, 11) is 0. The van der Waals surface area contributed by atoms with E-state index < -0.39 is 0 Å². The molecule has 0 saturated carbocycles. The molecule has 0 bridgehead atoms. The summed E-state index contributed by atoms with van der Waals surface area (Å²) >= 11 is 5.04. The van der Waals surface area contributed by atoms with Gasteiger partial charge in [-0.15, -0.1) is 11.3 Å². The maximum Gasteiger partial charge on any atom is 0.117 e. The fourth-order valence-corrected chi connectivity index (χ4v) is 2.59. The van der Waals surface area contributed by atoms with Crippen LogP contribution in [0, 0.1) is 0 Å². The predicted octanol–water partition coefficient (Wildman–Crippen LogP) is 3.37. The van der Waals surface area contributed by atoms with Gasteiger partial charge >= 0.3 is 0 Å². The highest BCUT2D eigenvalue weighted by Gasteiger charge is 2.00. The molecular formula is C8H5BrOS. The number of halogens is 1. The quantitative estimate of drug-likeness (QED) is 0.734. The molecule has 0 radical (unpaired) electrons. The Morgan fingerprint density at radius 2 is 2.18 bits per heavy atom. The molecule has 0 fully saturated rings. The third-order valence-electron chi connectivity index (χ3n) is 1.51. The number of phenolic OH excluding ortho intramolecular Hbond substituents is 1. The second-order valence-electron chi connectivity index (χ2n) is 2.26. The van der Waals surface area contributed by atoms with E-state index in [9.17, 15) is 0 Å². The normalized spacial score (nSPS) is 10.6. The summed E-state index contributed by atoms with van der Waals surface area (Å²) in [6.07, 6.45) is 0. The SMILES string of the molecule is Oc1ccc2c(Br)csc2c1. The average Bonchev–Trinajstić information content (AvgIpc) is 2.32. The van der Waals surface area contributed by atoms with E-state index in [0.717, 1.165) is 14.6 Å². The van der Waals surface area contributed by atoms with Gasteiger partial charge < -0.3 is 5.11 Å². The van der Waals surface area contributed by atoms with Crippen molar-refractivity contribution in [1.82, 2.24) is 0 Å². The van der Waals surface area contributed by atoms with E-state index >= 15 is 0 Å². The second kappa shape index (κ2) is 2.50. The summed E-state index contributed by atoms with van der Waals surface area (Å²) in [6.45, 7) is 0. The minimum Gasteiger partial charge on any atom is -0.508 e. The van der Waals surface area contributed by atoms with Gasteiger partial charge in [0.05, 0.1) is 0 Å². The van der Waals surface area contributed by atoms with Gasteiger partial charge in [-0.1, -0.05) is 0 Å². The molecule has 1 heterocycles. The van der Waals surface area contributed by atoms with Crippen molar-refractivity contribution in [3.63, 3.8) is 0 Å². The number of rotatable bonds is 0. The molecule has 2 aromatic rings. The first-order chi connectivity index (χ1) is 5.27. The van der Waals surface area contributed by atoms with Crippen molar-refractivity contribution in [2.24, 2.45) is 0 Å². The summed E-state index contributed by atoms with van der Waals surface area (Å²) in [5, 5.41) is 12.3. The van der Waals surface area contributed by atoms with Crippen molar-refractivity contribution in [2.75, 3.05) is 0 Å². The van der Waals surface area contributed by atoms with E-state index in [1.54, 1.807) is 23.5 Å². The van der Waals surface area contributed by atoms with Gasteiger partial charge in [0.15, 0.2) is 0 Å². The molecule has 0 unspecified atom stereocenters. The Kier molecular flexibility index (Phi) is 1.62. The molecule has 3 heteroatoms. The summed E-state index contributed by atoms with van der Waals surface area (Å²) in [5.41, 5.74) is 0. The van der Waals surface area contributed by atoms with Crippen LogP contribution in [0.2, 0.25) is 0 Å². The van der Waals surface area contributed by atoms with E-state index in [4.69, 9.17) is 5.11 Å². The Labute approximate surface area is 76.4 Å². The van der Waals surface area contributed by atoms with E-state index in [1.165, 1.54) is 0 Å². The topological polar surface area (TPSA) is 20.2 Å². The summed E-state index contributed by atoms with van der Waals surface area (Å²) < 4.78 is 2.20. The van der Waals surface area contributed by atoms with Crippen LogP contribution in [-0.2, 0) is 0 Å². The highest BCUT2D eigenvalue weighted by atomic mass is 79.9. The van der Waals surface area contributed by atoms with Gasteiger partial charge in [-0.2, -0.15) is 0 Å². The fourth-order valence-electron chi connectivity index (χ4n) is 0.985. The lowest BCUT2D eigenvalue weighted by molar-refractivity contribution is 0.476. The van der Waals surface area contributed by atoms with Crippen molar-refractivity contribution >= 4 is 37.4 Å². The van der Waals surface area contributed by atoms with Crippen LogP contribution >= 0.6 is 27.3 Å². The smallest absolute Gasteiger partial charge is 0.117 e. The molecule has 11 heavy (non-hydrogen) atoms. The third-order valence-corrected chi connectivity index (χ3v) is 3.42. The lowest BCUT2D eigenvalue weighted by atomic mass is 10.2. The molecule has 56 valence electrons. The van der Waals surface area contributed by atoms with Crippen LogP contribution in [0.5, 0.6) is 5.75 Å². The molecule has 0 aliphatic heterocycles. The highest BCUT2D eigenvalue weighted by Crippen LogP contribution is 2.32. The van der Waals surface area contributed by atoms with Crippen LogP contribution in [0.4, 0.5) is 0 Å². The van der Waals surface area contributed by atoms with Crippen LogP contribution in [-0.4, -0.2) is 5.11 Å².